The summed E-state index contributed by atoms with van der Waals surface area (Å²) in [7, 11) is 3.35. The van der Waals surface area contributed by atoms with Crippen LogP contribution in [0, 0.1) is 5.92 Å². The molecule has 6 heteroatoms. The monoisotopic (exact) mass is 438 g/mol. The third kappa shape index (κ3) is 4.38. The zero-order valence-corrected chi connectivity index (χ0v) is 19.4. The Morgan fingerprint density at radius 2 is 1.97 bits per heavy atom. The Balaban J connectivity index is 1.29. The van der Waals surface area contributed by atoms with Crippen molar-refractivity contribution < 1.29 is 18.7 Å². The van der Waals surface area contributed by atoms with Gasteiger partial charge in [0.2, 0.25) is 5.91 Å². The summed E-state index contributed by atoms with van der Waals surface area (Å²) in [5.41, 5.74) is 1.03. The van der Waals surface area contributed by atoms with Crippen LogP contribution in [0.15, 0.2) is 34.7 Å². The van der Waals surface area contributed by atoms with E-state index in [4.69, 9.17) is 13.9 Å². The van der Waals surface area contributed by atoms with Crippen molar-refractivity contribution in [2.24, 2.45) is 5.92 Å². The summed E-state index contributed by atoms with van der Waals surface area (Å²) >= 11 is 0. The molecular weight excluding hydrogens is 404 g/mol. The number of rotatable bonds is 9. The van der Waals surface area contributed by atoms with Gasteiger partial charge in [-0.05, 0) is 68.4 Å². The van der Waals surface area contributed by atoms with Crippen molar-refractivity contribution >= 4 is 5.91 Å². The molecule has 0 N–H and O–H groups in total. The summed E-state index contributed by atoms with van der Waals surface area (Å²) in [6.45, 7) is 4.19. The Morgan fingerprint density at radius 3 is 2.66 bits per heavy atom. The third-order valence-corrected chi connectivity index (χ3v) is 7.29. The van der Waals surface area contributed by atoms with Gasteiger partial charge in [0, 0.05) is 24.1 Å². The van der Waals surface area contributed by atoms with E-state index in [1.807, 2.05) is 23.1 Å². The number of likely N-dealkylation sites (tertiary alicyclic amines) is 1. The molecule has 172 valence electrons. The van der Waals surface area contributed by atoms with E-state index in [9.17, 15) is 4.79 Å². The lowest BCUT2D eigenvalue weighted by atomic mass is 10.0. The average molecular weight is 439 g/mol. The first-order valence-corrected chi connectivity index (χ1v) is 11.9. The number of nitrogens with zero attached hydrogens (tertiary/aromatic N) is 2. The largest absolute Gasteiger partial charge is 0.497 e. The van der Waals surface area contributed by atoms with Crippen LogP contribution in [0.3, 0.4) is 0 Å². The van der Waals surface area contributed by atoms with Crippen LogP contribution in [0.2, 0.25) is 0 Å². The lowest BCUT2D eigenvalue weighted by Gasteiger charge is -2.29. The van der Waals surface area contributed by atoms with Crippen molar-refractivity contribution in [2.45, 2.75) is 63.6 Å². The topological polar surface area (TPSA) is 55.2 Å². The molecule has 0 spiro atoms. The quantitative estimate of drug-likeness (QED) is 0.566. The highest BCUT2D eigenvalue weighted by Crippen LogP contribution is 2.47. The Kier molecular flexibility index (Phi) is 5.89. The van der Waals surface area contributed by atoms with Gasteiger partial charge in [-0.2, -0.15) is 0 Å². The van der Waals surface area contributed by atoms with Crippen molar-refractivity contribution in [3.63, 3.8) is 0 Å². The molecule has 3 atom stereocenters. The molecule has 2 aliphatic carbocycles. The molecule has 2 saturated carbocycles. The Hall–Kier alpha value is -2.47. The number of carbonyl (C=O) groups excluding carboxylic acids is 1. The van der Waals surface area contributed by atoms with Gasteiger partial charge in [0.15, 0.2) is 0 Å². The fourth-order valence-electron chi connectivity index (χ4n) is 5.10. The van der Waals surface area contributed by atoms with Crippen LogP contribution in [0.4, 0.5) is 0 Å². The summed E-state index contributed by atoms with van der Waals surface area (Å²) < 4.78 is 17.2. The lowest BCUT2D eigenvalue weighted by Crippen LogP contribution is -2.40. The highest BCUT2D eigenvalue weighted by molar-refractivity contribution is 5.79. The zero-order chi connectivity index (χ0) is 22.2. The summed E-state index contributed by atoms with van der Waals surface area (Å²) in [4.78, 5) is 17.8. The van der Waals surface area contributed by atoms with E-state index < -0.39 is 0 Å². The number of hydrogen-bond acceptors (Lipinski definition) is 5. The van der Waals surface area contributed by atoms with Crippen LogP contribution in [0.25, 0.3) is 0 Å². The Morgan fingerprint density at radius 1 is 1.16 bits per heavy atom. The van der Waals surface area contributed by atoms with Crippen molar-refractivity contribution in [1.82, 2.24) is 9.80 Å². The summed E-state index contributed by atoms with van der Waals surface area (Å²) in [6.07, 6.45) is 5.49. The molecule has 1 aliphatic heterocycles. The highest BCUT2D eigenvalue weighted by atomic mass is 16.5. The van der Waals surface area contributed by atoms with Gasteiger partial charge in [-0.15, -0.1) is 0 Å². The molecule has 32 heavy (non-hydrogen) atoms. The van der Waals surface area contributed by atoms with Crippen LogP contribution in [0.5, 0.6) is 11.5 Å². The van der Waals surface area contributed by atoms with E-state index in [1.54, 1.807) is 14.2 Å². The maximum Gasteiger partial charge on any atom is 0.237 e. The number of hydrogen-bond donors (Lipinski definition) is 0. The normalized spacial score (nSPS) is 24.8. The van der Waals surface area contributed by atoms with Gasteiger partial charge >= 0.3 is 0 Å². The predicted octanol–water partition coefficient (Wildman–Crippen LogP) is 4.75. The minimum atomic E-state index is 0.0279. The van der Waals surface area contributed by atoms with Crippen LogP contribution in [-0.4, -0.2) is 49.1 Å². The Labute approximate surface area is 190 Å². The second-order valence-corrected chi connectivity index (χ2v) is 9.61. The first-order valence-electron chi connectivity index (χ1n) is 11.9. The minimum Gasteiger partial charge on any atom is -0.497 e. The predicted molar refractivity (Wildman–Crippen MR) is 122 cm³/mol. The molecule has 1 aromatic heterocycles. The van der Waals surface area contributed by atoms with Gasteiger partial charge in [0.05, 0.1) is 33.4 Å². The number of methoxy groups -OCH3 is 2. The number of furan rings is 1. The second-order valence-electron chi connectivity index (χ2n) is 9.61. The molecule has 3 unspecified atom stereocenters. The van der Waals surface area contributed by atoms with Crippen LogP contribution >= 0.6 is 0 Å². The second kappa shape index (κ2) is 8.81. The molecular formula is C26H34N2O4. The van der Waals surface area contributed by atoms with Gasteiger partial charge in [-0.1, -0.05) is 6.92 Å². The maximum atomic E-state index is 13.5. The molecule has 1 aromatic carbocycles. The van der Waals surface area contributed by atoms with Crippen molar-refractivity contribution in [3.05, 3.63) is 47.4 Å². The number of benzene rings is 1. The summed E-state index contributed by atoms with van der Waals surface area (Å²) in [5, 5.41) is 0. The molecule has 0 bridgehead atoms. The molecule has 2 heterocycles. The van der Waals surface area contributed by atoms with Gasteiger partial charge < -0.3 is 18.8 Å². The van der Waals surface area contributed by atoms with Crippen molar-refractivity contribution in [1.29, 1.82) is 0 Å². The smallest absolute Gasteiger partial charge is 0.237 e. The van der Waals surface area contributed by atoms with E-state index in [2.05, 4.69) is 24.0 Å². The molecule has 6 nitrogen and oxygen atoms in total. The van der Waals surface area contributed by atoms with Crippen LogP contribution < -0.4 is 9.47 Å². The molecule has 3 aliphatic rings. The zero-order valence-electron chi connectivity index (χ0n) is 19.4. The van der Waals surface area contributed by atoms with Crippen molar-refractivity contribution in [3.8, 4) is 11.5 Å². The van der Waals surface area contributed by atoms with E-state index in [0.717, 1.165) is 66.7 Å². The molecule has 2 aromatic rings. The number of amides is 1. The first-order chi connectivity index (χ1) is 15.6. The van der Waals surface area contributed by atoms with Gasteiger partial charge in [0.25, 0.3) is 0 Å². The Bertz CT molecular complexity index is 966. The fraction of sp³-hybridized carbons (Fsp3) is 0.577. The van der Waals surface area contributed by atoms with E-state index in [-0.39, 0.29) is 11.9 Å². The highest BCUT2D eigenvalue weighted by Gasteiger charge is 2.38. The lowest BCUT2D eigenvalue weighted by molar-refractivity contribution is -0.133. The third-order valence-electron chi connectivity index (χ3n) is 7.29. The van der Waals surface area contributed by atoms with Gasteiger partial charge in [0.1, 0.15) is 23.0 Å². The molecule has 5 rings (SSSR count). The van der Waals surface area contributed by atoms with E-state index >= 15 is 0 Å². The minimum absolute atomic E-state index is 0.0279. The van der Waals surface area contributed by atoms with Gasteiger partial charge in [-0.3, -0.25) is 9.69 Å². The fourth-order valence-corrected chi connectivity index (χ4v) is 5.10. The standard InChI is InChI=1S/C26H34N2O4/c1-17-13-21(17)25-11-9-20(32-25)15-27(18-6-7-18)16-26(29)28-12-4-5-23(28)22-14-19(30-2)8-10-24(22)31-3/h8-11,14,17-18,21,23H,4-7,12-13,15-16H2,1-3H3. The first kappa shape index (κ1) is 21.4. The SMILES string of the molecule is COc1ccc(OC)c(C2CCCN2C(=O)CN(Cc2ccc(C3CC3C)o2)C2CC2)c1. The van der Waals surface area contributed by atoms with Crippen LogP contribution in [0.1, 0.15) is 68.1 Å². The van der Waals surface area contributed by atoms with E-state index in [0.29, 0.717) is 25.0 Å². The summed E-state index contributed by atoms with van der Waals surface area (Å²) in [5.74, 6) is 5.20. The molecule has 3 fully saturated rings. The summed E-state index contributed by atoms with van der Waals surface area (Å²) in [6, 6.07) is 10.6. The maximum absolute atomic E-state index is 13.5. The number of ether oxygens (including phenoxy) is 2. The molecule has 1 saturated heterocycles. The van der Waals surface area contributed by atoms with Crippen LogP contribution in [-0.2, 0) is 11.3 Å². The molecule has 1 amide bonds. The number of carbonyl (C=O) groups is 1. The van der Waals surface area contributed by atoms with Crippen molar-refractivity contribution in [2.75, 3.05) is 27.3 Å². The van der Waals surface area contributed by atoms with Gasteiger partial charge in [-0.25, -0.2) is 0 Å². The average Bonchev–Trinajstić information content (AvgIpc) is 3.68. The van der Waals surface area contributed by atoms with E-state index in [1.165, 1.54) is 6.42 Å². The molecule has 0 radical (unpaired) electrons.